The van der Waals surface area contributed by atoms with Crippen molar-refractivity contribution in [2.45, 2.75) is 6.36 Å². The molecule has 1 unspecified atom stereocenters. The molecule has 1 aliphatic heterocycles. The highest BCUT2D eigenvalue weighted by atomic mass is 19.4. The molecule has 90 valence electrons. The number of ether oxygens (including phenoxy) is 1. The van der Waals surface area contributed by atoms with Crippen LogP contribution in [0, 0.1) is 7.05 Å². The number of hydrogen-bond acceptors (Lipinski definition) is 4. The lowest BCUT2D eigenvalue weighted by atomic mass is 10.2. The van der Waals surface area contributed by atoms with E-state index in [2.05, 4.69) is 27.2 Å². The van der Waals surface area contributed by atoms with Gasteiger partial charge in [0.15, 0.2) is 0 Å². The van der Waals surface area contributed by atoms with Crippen molar-refractivity contribution in [1.29, 1.82) is 0 Å². The monoisotopic (exact) mass is 244 g/mol. The molecule has 0 amide bonds. The summed E-state index contributed by atoms with van der Waals surface area (Å²) in [6.07, 6.45) is -4.69. The van der Waals surface area contributed by atoms with E-state index in [-0.39, 0.29) is 10.9 Å². The van der Waals surface area contributed by atoms with Gasteiger partial charge in [0.25, 0.3) is 0 Å². The fraction of sp³-hybridized carbons (Fsp3) is 0.111. The van der Waals surface area contributed by atoms with Crippen LogP contribution in [0.3, 0.4) is 0 Å². The minimum Gasteiger partial charge on any atom is -0.406 e. The van der Waals surface area contributed by atoms with Crippen LogP contribution in [0.5, 0.6) is 5.75 Å². The summed E-state index contributed by atoms with van der Waals surface area (Å²) in [5.41, 5.74) is 0.543. The molecule has 5 nitrogen and oxygen atoms in total. The van der Waals surface area contributed by atoms with E-state index in [4.69, 9.17) is 0 Å². The van der Waals surface area contributed by atoms with Crippen LogP contribution >= 0.6 is 0 Å². The molecule has 1 aliphatic rings. The maximum atomic E-state index is 11.9. The number of amidine groups is 1. The minimum absolute atomic E-state index is 0.260. The van der Waals surface area contributed by atoms with E-state index in [1.165, 1.54) is 24.3 Å². The van der Waals surface area contributed by atoms with Crippen molar-refractivity contribution in [3.05, 3.63) is 36.9 Å². The summed E-state index contributed by atoms with van der Waals surface area (Å²) in [5, 5.41) is 11.4. The second-order valence-electron chi connectivity index (χ2n) is 3.12. The normalized spacial score (nSPS) is 19.3. The van der Waals surface area contributed by atoms with Gasteiger partial charge in [-0.05, 0) is 24.3 Å². The third-order valence-corrected chi connectivity index (χ3v) is 1.84. The van der Waals surface area contributed by atoms with Crippen LogP contribution in [-0.4, -0.2) is 12.2 Å². The van der Waals surface area contributed by atoms with E-state index in [0.717, 1.165) is 0 Å². The standard InChI is InChI=1S/C9H7F3N4O/c1-16-14-8(13-15-16)6-2-4-7(5-3-6)17-9(10,11)12/h2-5,16H,1H2. The number of nitrogens with one attached hydrogen (secondary N) is 1. The third-order valence-electron chi connectivity index (χ3n) is 1.84. The molecule has 1 atom stereocenters. The van der Waals surface area contributed by atoms with Crippen molar-refractivity contribution in [3.63, 3.8) is 0 Å². The van der Waals surface area contributed by atoms with Crippen molar-refractivity contribution in [1.82, 2.24) is 0 Å². The first-order valence-electron chi connectivity index (χ1n) is 4.49. The zero-order valence-electron chi connectivity index (χ0n) is 8.40. The number of alkyl halides is 3. The SMILES string of the molecule is [CH2-][NH+]1N=NC(c2ccc(OC(F)(F)F)cc2)=N1. The van der Waals surface area contributed by atoms with Gasteiger partial charge in [0.2, 0.25) is 5.84 Å². The van der Waals surface area contributed by atoms with Crippen molar-refractivity contribution < 1.29 is 23.0 Å². The van der Waals surface area contributed by atoms with Crippen LogP contribution in [0.4, 0.5) is 13.2 Å². The fourth-order valence-electron chi connectivity index (χ4n) is 1.20. The summed E-state index contributed by atoms with van der Waals surface area (Å²) in [6, 6.07) is 5.19. The molecule has 0 radical (unpaired) electrons. The zero-order chi connectivity index (χ0) is 12.5. The Labute approximate surface area is 94.2 Å². The average molecular weight is 244 g/mol. The Bertz CT molecular complexity index is 466. The van der Waals surface area contributed by atoms with E-state index in [0.29, 0.717) is 11.4 Å². The van der Waals surface area contributed by atoms with Gasteiger partial charge in [-0.2, -0.15) is 5.12 Å². The summed E-state index contributed by atoms with van der Waals surface area (Å²) < 4.78 is 39.4. The van der Waals surface area contributed by atoms with Gasteiger partial charge in [0.05, 0.1) is 0 Å². The van der Waals surface area contributed by atoms with Gasteiger partial charge in [0, 0.05) is 10.8 Å². The highest BCUT2D eigenvalue weighted by molar-refractivity contribution is 5.99. The largest absolute Gasteiger partial charge is 0.573 e. The smallest absolute Gasteiger partial charge is 0.406 e. The van der Waals surface area contributed by atoms with Crippen LogP contribution < -0.4 is 9.85 Å². The Balaban J connectivity index is 2.14. The molecule has 0 bridgehead atoms. The summed E-state index contributed by atoms with van der Waals surface area (Å²) in [4.78, 5) is 0. The zero-order valence-corrected chi connectivity index (χ0v) is 8.40. The van der Waals surface area contributed by atoms with Crippen LogP contribution in [-0.2, 0) is 0 Å². The van der Waals surface area contributed by atoms with Gasteiger partial charge in [0.1, 0.15) is 5.75 Å². The number of hydrogen-bond donors (Lipinski definition) is 1. The first-order valence-corrected chi connectivity index (χ1v) is 4.49. The van der Waals surface area contributed by atoms with Crippen LogP contribution in [0.15, 0.2) is 39.7 Å². The summed E-state index contributed by atoms with van der Waals surface area (Å²) in [5.74, 6) is 0.0178. The van der Waals surface area contributed by atoms with E-state index >= 15 is 0 Å². The van der Waals surface area contributed by atoms with Gasteiger partial charge in [-0.1, -0.05) is 17.3 Å². The Hall–Kier alpha value is -1.96. The third kappa shape index (κ3) is 3.00. The molecule has 0 spiro atoms. The number of nitrogens with zero attached hydrogens (tertiary/aromatic N) is 3. The highest BCUT2D eigenvalue weighted by Gasteiger charge is 2.31. The van der Waals surface area contributed by atoms with Crippen LogP contribution in [0.1, 0.15) is 5.56 Å². The second-order valence-corrected chi connectivity index (χ2v) is 3.12. The van der Waals surface area contributed by atoms with Crippen molar-refractivity contribution in [2.24, 2.45) is 15.4 Å². The van der Waals surface area contributed by atoms with E-state index in [9.17, 15) is 13.2 Å². The lowest BCUT2D eigenvalue weighted by molar-refractivity contribution is -0.868. The Kier molecular flexibility index (Phi) is 2.80. The van der Waals surface area contributed by atoms with E-state index in [1.807, 2.05) is 0 Å². The topological polar surface area (TPSA) is 50.8 Å². The summed E-state index contributed by atoms with van der Waals surface area (Å²) >= 11 is 0. The maximum Gasteiger partial charge on any atom is 0.573 e. The van der Waals surface area contributed by atoms with Gasteiger partial charge in [-0.25, -0.2) is 0 Å². The molecule has 8 heteroatoms. The molecular weight excluding hydrogens is 237 g/mol. The molecule has 17 heavy (non-hydrogen) atoms. The molecule has 2 rings (SSSR count). The first-order chi connectivity index (χ1) is 7.94. The van der Waals surface area contributed by atoms with Crippen molar-refractivity contribution in [3.8, 4) is 5.75 Å². The second kappa shape index (κ2) is 4.13. The van der Waals surface area contributed by atoms with Crippen LogP contribution in [0.2, 0.25) is 0 Å². The number of halogens is 3. The number of benzene rings is 1. The predicted octanol–water partition coefficient (Wildman–Crippen LogP) is 1.30. The van der Waals surface area contributed by atoms with Gasteiger partial charge in [-0.3, -0.25) is 0 Å². The highest BCUT2D eigenvalue weighted by Crippen LogP contribution is 2.23. The van der Waals surface area contributed by atoms with Crippen LogP contribution in [0.25, 0.3) is 0 Å². The Morgan fingerprint density at radius 2 is 1.82 bits per heavy atom. The molecule has 0 aromatic heterocycles. The lowest BCUT2D eigenvalue weighted by Crippen LogP contribution is -2.95. The summed E-state index contributed by atoms with van der Waals surface area (Å²) in [6.45, 7) is 0. The van der Waals surface area contributed by atoms with Crippen molar-refractivity contribution in [2.75, 3.05) is 0 Å². The molecule has 0 saturated heterocycles. The van der Waals surface area contributed by atoms with Gasteiger partial charge in [-0.15, -0.1) is 13.2 Å². The fourth-order valence-corrected chi connectivity index (χ4v) is 1.20. The molecule has 1 aromatic rings. The maximum absolute atomic E-state index is 11.9. The first kappa shape index (κ1) is 11.5. The predicted molar refractivity (Wildman–Crippen MR) is 50.8 cm³/mol. The molecular formula is C9H7F3N4O. The molecule has 0 saturated carbocycles. The van der Waals surface area contributed by atoms with Gasteiger partial charge < -0.3 is 4.74 Å². The summed E-state index contributed by atoms with van der Waals surface area (Å²) in [7, 11) is 3.47. The molecule has 1 N–H and O–H groups in total. The van der Waals surface area contributed by atoms with E-state index < -0.39 is 6.36 Å². The molecule has 1 heterocycles. The number of quaternary nitrogens is 1. The minimum atomic E-state index is -4.69. The Morgan fingerprint density at radius 3 is 2.29 bits per heavy atom. The number of rotatable bonds is 2. The average Bonchev–Trinajstić information content (AvgIpc) is 2.63. The van der Waals surface area contributed by atoms with E-state index in [1.54, 1.807) is 0 Å². The lowest BCUT2D eigenvalue weighted by Gasteiger charge is -2.08. The van der Waals surface area contributed by atoms with Crippen molar-refractivity contribution >= 4 is 5.84 Å². The Morgan fingerprint density at radius 1 is 1.18 bits per heavy atom. The molecule has 0 aliphatic carbocycles. The quantitative estimate of drug-likeness (QED) is 0.783. The molecule has 0 fully saturated rings. The van der Waals surface area contributed by atoms with Gasteiger partial charge >= 0.3 is 6.36 Å². The molecule has 1 aromatic carbocycles.